The van der Waals surface area contributed by atoms with Gasteiger partial charge in [-0.25, -0.2) is 9.37 Å². The summed E-state index contributed by atoms with van der Waals surface area (Å²) in [5.41, 5.74) is 4.05. The minimum absolute atomic E-state index is 0.0551. The van der Waals surface area contributed by atoms with E-state index >= 15 is 0 Å². The maximum absolute atomic E-state index is 14.9. The highest BCUT2D eigenvalue weighted by Gasteiger charge is 2.55. The highest BCUT2D eigenvalue weighted by atomic mass is 19.1. The van der Waals surface area contributed by atoms with E-state index in [1.54, 1.807) is 6.92 Å². The fourth-order valence-electron chi connectivity index (χ4n) is 2.68. The average molecular weight is 327 g/mol. The van der Waals surface area contributed by atoms with Gasteiger partial charge in [-0.3, -0.25) is 4.57 Å². The number of rotatable bonds is 4. The molecule has 0 amide bonds. The van der Waals surface area contributed by atoms with Crippen LogP contribution < -0.4 is 10.5 Å². The first-order valence-electron chi connectivity index (χ1n) is 7.16. The van der Waals surface area contributed by atoms with E-state index in [1.807, 2.05) is 0 Å². The molecule has 126 valence electrons. The Hall–Kier alpha value is -2.04. The number of hydrogen-bond acceptors (Lipinski definition) is 8. The summed E-state index contributed by atoms with van der Waals surface area (Å²) in [6.45, 7) is 2.81. The van der Waals surface area contributed by atoms with E-state index in [4.69, 9.17) is 15.2 Å². The van der Waals surface area contributed by atoms with E-state index in [0.29, 0.717) is 12.1 Å². The number of halogens is 1. The summed E-state index contributed by atoms with van der Waals surface area (Å²) in [7, 11) is 0. The third-order valence-corrected chi connectivity index (χ3v) is 3.84. The number of nitrogens with two attached hydrogens (primary N) is 1. The first-order chi connectivity index (χ1) is 10.9. The summed E-state index contributed by atoms with van der Waals surface area (Å²) in [4.78, 5) is 12.1. The van der Waals surface area contributed by atoms with E-state index in [9.17, 15) is 14.6 Å². The van der Waals surface area contributed by atoms with Crippen LogP contribution in [0.25, 0.3) is 11.2 Å². The van der Waals surface area contributed by atoms with Crippen LogP contribution in [0.1, 0.15) is 20.1 Å². The summed E-state index contributed by atoms with van der Waals surface area (Å²) >= 11 is 0. The van der Waals surface area contributed by atoms with E-state index in [-0.39, 0.29) is 17.5 Å². The number of nitrogen functional groups attached to an aromatic ring is 1. The number of aliphatic hydroxyl groups is 2. The number of nitrogens with zero attached hydrogens (tertiary/aromatic N) is 4. The highest BCUT2D eigenvalue weighted by Crippen LogP contribution is 2.42. The topological polar surface area (TPSA) is 129 Å². The Kier molecular flexibility index (Phi) is 3.82. The van der Waals surface area contributed by atoms with Crippen molar-refractivity contribution in [2.24, 2.45) is 0 Å². The van der Waals surface area contributed by atoms with Gasteiger partial charge in [-0.1, -0.05) is 0 Å². The molecule has 2 aromatic heterocycles. The Morgan fingerprint density at radius 1 is 1.52 bits per heavy atom. The van der Waals surface area contributed by atoms with Gasteiger partial charge in [0.15, 0.2) is 23.1 Å². The maximum atomic E-state index is 14.9. The van der Waals surface area contributed by atoms with Crippen molar-refractivity contribution < 1.29 is 24.1 Å². The van der Waals surface area contributed by atoms with Crippen molar-refractivity contribution >= 4 is 17.1 Å². The summed E-state index contributed by atoms with van der Waals surface area (Å²) < 4.78 is 27.0. The van der Waals surface area contributed by atoms with Gasteiger partial charge in [-0.05, 0) is 13.8 Å². The molecule has 1 saturated heterocycles. The third-order valence-electron chi connectivity index (χ3n) is 3.84. The van der Waals surface area contributed by atoms with E-state index in [0.717, 1.165) is 0 Å². The molecule has 3 rings (SSSR count). The molecule has 0 aliphatic carbocycles. The van der Waals surface area contributed by atoms with Gasteiger partial charge in [0.2, 0.25) is 11.8 Å². The Balaban J connectivity index is 2.10. The van der Waals surface area contributed by atoms with Gasteiger partial charge in [-0.2, -0.15) is 9.97 Å². The predicted molar refractivity (Wildman–Crippen MR) is 77.4 cm³/mol. The van der Waals surface area contributed by atoms with Crippen molar-refractivity contribution in [1.29, 1.82) is 0 Å². The molecule has 0 bridgehead atoms. The molecule has 1 aliphatic rings. The summed E-state index contributed by atoms with van der Waals surface area (Å²) in [6, 6.07) is 0. The molecule has 0 aromatic carbocycles. The minimum atomic E-state index is -2.15. The monoisotopic (exact) mass is 327 g/mol. The molecule has 1 aliphatic heterocycles. The number of imidazole rings is 1. The van der Waals surface area contributed by atoms with Gasteiger partial charge in [0.05, 0.1) is 19.5 Å². The zero-order chi connectivity index (χ0) is 16.8. The van der Waals surface area contributed by atoms with Crippen molar-refractivity contribution in [1.82, 2.24) is 19.5 Å². The highest BCUT2D eigenvalue weighted by molar-refractivity contribution is 5.77. The normalized spacial score (nSPS) is 30.9. The summed E-state index contributed by atoms with van der Waals surface area (Å²) in [5.74, 6) is 0.132. The molecule has 10 heteroatoms. The second-order valence-corrected chi connectivity index (χ2v) is 5.45. The lowest BCUT2D eigenvalue weighted by molar-refractivity contribution is -0.0566. The maximum Gasteiger partial charge on any atom is 0.247 e. The number of aliphatic hydroxyl groups excluding tert-OH is 2. The zero-order valence-electron chi connectivity index (χ0n) is 12.7. The van der Waals surface area contributed by atoms with Crippen molar-refractivity contribution in [2.75, 3.05) is 18.9 Å². The van der Waals surface area contributed by atoms with Gasteiger partial charge in [0, 0.05) is 0 Å². The Morgan fingerprint density at radius 2 is 2.26 bits per heavy atom. The lowest BCUT2D eigenvalue weighted by Crippen LogP contribution is -2.40. The molecule has 0 spiro atoms. The van der Waals surface area contributed by atoms with Gasteiger partial charge in [-0.15, -0.1) is 0 Å². The third kappa shape index (κ3) is 2.38. The Bertz CT molecular complexity index is 722. The number of fused-ring (bicyclic) bond motifs is 1. The van der Waals surface area contributed by atoms with Crippen molar-refractivity contribution in [3.8, 4) is 5.88 Å². The standard InChI is InChI=1S/C13H18FN5O4/c1-3-22-10-7-9(17-12(15)18-10)19(5-16-7)11-13(2,14)8(21)6(4-20)23-11/h5-6,8,11,20-21H,3-4H2,1-2H3,(H2,15,17,18)/t6-,8?,11-,13?/m1/s1. The van der Waals surface area contributed by atoms with Crippen LogP contribution in [0.15, 0.2) is 6.33 Å². The number of aromatic nitrogens is 4. The molecule has 0 radical (unpaired) electrons. The van der Waals surface area contributed by atoms with Gasteiger partial charge in [0.25, 0.3) is 0 Å². The van der Waals surface area contributed by atoms with Crippen LogP contribution in [0.5, 0.6) is 5.88 Å². The molecular weight excluding hydrogens is 309 g/mol. The Labute approximate surface area is 130 Å². The van der Waals surface area contributed by atoms with Crippen LogP contribution in [0.2, 0.25) is 0 Å². The first-order valence-corrected chi connectivity index (χ1v) is 7.16. The Morgan fingerprint density at radius 3 is 2.87 bits per heavy atom. The van der Waals surface area contributed by atoms with Crippen LogP contribution in [0.4, 0.5) is 10.3 Å². The SMILES string of the molecule is CCOc1nc(N)nc2c1ncn2[C@@H]1O[C@H](CO)C(O)C1(C)F. The average Bonchev–Trinajstić information content (AvgIpc) is 3.00. The van der Waals surface area contributed by atoms with E-state index in [1.165, 1.54) is 17.8 Å². The number of hydrogen-bond donors (Lipinski definition) is 3. The molecule has 2 unspecified atom stereocenters. The fraction of sp³-hybridized carbons (Fsp3) is 0.615. The predicted octanol–water partition coefficient (Wildman–Crippen LogP) is -0.214. The largest absolute Gasteiger partial charge is 0.476 e. The van der Waals surface area contributed by atoms with E-state index < -0.39 is 30.7 Å². The first kappa shape index (κ1) is 15.8. The number of alkyl halides is 1. The van der Waals surface area contributed by atoms with Crippen molar-refractivity contribution in [3.05, 3.63) is 6.33 Å². The zero-order valence-corrected chi connectivity index (χ0v) is 12.7. The van der Waals surface area contributed by atoms with Crippen molar-refractivity contribution in [3.63, 3.8) is 0 Å². The van der Waals surface area contributed by atoms with Gasteiger partial charge >= 0.3 is 0 Å². The molecule has 3 heterocycles. The molecule has 0 saturated carbocycles. The molecule has 1 fully saturated rings. The quantitative estimate of drug-likeness (QED) is 0.703. The molecule has 4 N–H and O–H groups in total. The van der Waals surface area contributed by atoms with Crippen LogP contribution in [-0.2, 0) is 4.74 Å². The smallest absolute Gasteiger partial charge is 0.247 e. The van der Waals surface area contributed by atoms with Gasteiger partial charge in [0.1, 0.15) is 12.2 Å². The van der Waals surface area contributed by atoms with Crippen LogP contribution in [0, 0.1) is 0 Å². The second kappa shape index (κ2) is 5.55. The van der Waals surface area contributed by atoms with E-state index in [2.05, 4.69) is 15.0 Å². The molecular formula is C13H18FN5O4. The minimum Gasteiger partial charge on any atom is -0.476 e. The molecule has 23 heavy (non-hydrogen) atoms. The summed E-state index contributed by atoms with van der Waals surface area (Å²) in [6.07, 6.45) is -2.43. The van der Waals surface area contributed by atoms with Crippen LogP contribution in [0.3, 0.4) is 0 Å². The van der Waals surface area contributed by atoms with Crippen LogP contribution >= 0.6 is 0 Å². The molecule has 9 nitrogen and oxygen atoms in total. The summed E-state index contributed by atoms with van der Waals surface area (Å²) in [5, 5.41) is 19.2. The fourth-order valence-corrected chi connectivity index (χ4v) is 2.68. The second-order valence-electron chi connectivity index (χ2n) is 5.45. The van der Waals surface area contributed by atoms with Crippen LogP contribution in [-0.4, -0.2) is 60.8 Å². The molecule has 4 atom stereocenters. The number of anilines is 1. The van der Waals surface area contributed by atoms with Crippen molar-refractivity contribution in [2.45, 2.75) is 38.0 Å². The van der Waals surface area contributed by atoms with Gasteiger partial charge < -0.3 is 25.4 Å². The lowest BCUT2D eigenvalue weighted by Gasteiger charge is -2.24. The number of ether oxygens (including phenoxy) is 2. The molecule has 2 aromatic rings. The lowest BCUT2D eigenvalue weighted by atomic mass is 9.98.